The van der Waals surface area contributed by atoms with Crippen LogP contribution in [0.3, 0.4) is 0 Å². The normalized spacial score (nSPS) is 22.1. The molecule has 0 aliphatic heterocycles. The third-order valence-electron chi connectivity index (χ3n) is 5.22. The van der Waals surface area contributed by atoms with Gasteiger partial charge in [-0.1, -0.05) is 85.8 Å². The number of rotatable bonds is 4. The van der Waals surface area contributed by atoms with Crippen LogP contribution in [0.15, 0.2) is 60.7 Å². The van der Waals surface area contributed by atoms with Crippen molar-refractivity contribution in [2.24, 2.45) is 0 Å². The minimum atomic E-state index is -0.105. The van der Waals surface area contributed by atoms with Crippen molar-refractivity contribution in [3.8, 4) is 0 Å². The molecule has 0 N–H and O–H groups in total. The van der Waals surface area contributed by atoms with E-state index in [1.807, 2.05) is 0 Å². The second-order valence-corrected chi connectivity index (χ2v) is 9.00. The zero-order valence-corrected chi connectivity index (χ0v) is 14.5. The van der Waals surface area contributed by atoms with Gasteiger partial charge in [-0.15, -0.1) is 0 Å². The van der Waals surface area contributed by atoms with E-state index in [4.69, 9.17) is 0 Å². The van der Waals surface area contributed by atoms with Gasteiger partial charge in [0.15, 0.2) is 0 Å². The van der Waals surface area contributed by atoms with Crippen molar-refractivity contribution in [2.75, 3.05) is 0 Å². The maximum atomic E-state index is 2.47. The van der Waals surface area contributed by atoms with E-state index in [9.17, 15) is 0 Å². The molecule has 0 amide bonds. The standard InChI is InChI=1S/C21H22Si.Li.H/c1-2-22-21(19-13-11-15-7-3-5-9-17(15)19)20-14-12-16-8-4-6-10-18(16)20;;/h3-14,19-21H,2,22H2,1H3;;. The molecule has 112 valence electrons. The molecule has 4 rings (SSSR count). The first kappa shape index (κ1) is 16.6. The number of allylic oxidation sites excluding steroid dienone is 2. The Kier molecular flexibility index (Phi) is 5.12. The SMILES string of the molecule is CC[SiH2]C(C1C=Cc2ccccc21)C1C=Cc2ccccc21.[LiH]. The van der Waals surface area contributed by atoms with Gasteiger partial charge in [0.2, 0.25) is 0 Å². The van der Waals surface area contributed by atoms with Gasteiger partial charge in [-0.25, -0.2) is 0 Å². The van der Waals surface area contributed by atoms with Gasteiger partial charge in [0, 0.05) is 21.4 Å². The van der Waals surface area contributed by atoms with Crippen LogP contribution in [-0.4, -0.2) is 28.4 Å². The molecule has 0 radical (unpaired) electrons. The van der Waals surface area contributed by atoms with Gasteiger partial charge in [0.05, 0.1) is 0 Å². The Labute approximate surface area is 153 Å². The third kappa shape index (κ3) is 2.94. The van der Waals surface area contributed by atoms with Crippen LogP contribution in [0.25, 0.3) is 12.2 Å². The molecule has 0 saturated heterocycles. The van der Waals surface area contributed by atoms with E-state index in [0.29, 0.717) is 11.8 Å². The van der Waals surface area contributed by atoms with Crippen LogP contribution in [-0.2, 0) is 0 Å². The summed E-state index contributed by atoms with van der Waals surface area (Å²) in [6, 6.07) is 19.3. The monoisotopic (exact) mass is 310 g/mol. The van der Waals surface area contributed by atoms with Crippen LogP contribution in [0.4, 0.5) is 0 Å². The van der Waals surface area contributed by atoms with Crippen LogP contribution in [0.2, 0.25) is 11.6 Å². The molecule has 0 nitrogen and oxygen atoms in total. The molecule has 2 aromatic carbocycles. The van der Waals surface area contributed by atoms with Gasteiger partial charge in [0.25, 0.3) is 0 Å². The molecule has 23 heavy (non-hydrogen) atoms. The molecule has 2 unspecified atom stereocenters. The molecule has 2 heteroatoms. The summed E-state index contributed by atoms with van der Waals surface area (Å²) in [6.45, 7) is 2.37. The van der Waals surface area contributed by atoms with E-state index in [2.05, 4.69) is 79.8 Å². The first-order chi connectivity index (χ1) is 10.9. The Hall–Kier alpha value is -1.27. The molecular formula is C21H23LiSi. The number of fused-ring (bicyclic) bond motifs is 2. The van der Waals surface area contributed by atoms with E-state index in [-0.39, 0.29) is 28.4 Å². The van der Waals surface area contributed by atoms with Crippen LogP contribution >= 0.6 is 0 Å². The first-order valence-electron chi connectivity index (χ1n) is 8.42. The average molecular weight is 310 g/mol. The van der Waals surface area contributed by atoms with E-state index in [1.54, 1.807) is 11.1 Å². The topological polar surface area (TPSA) is 0 Å². The summed E-state index contributed by atoms with van der Waals surface area (Å²) in [5.74, 6) is 1.23. The fraction of sp³-hybridized carbons (Fsp3) is 0.238. The van der Waals surface area contributed by atoms with Gasteiger partial charge in [-0.3, -0.25) is 0 Å². The van der Waals surface area contributed by atoms with Gasteiger partial charge in [0.1, 0.15) is 0 Å². The minimum absolute atomic E-state index is 0. The molecule has 2 atom stereocenters. The van der Waals surface area contributed by atoms with E-state index >= 15 is 0 Å². The molecule has 2 aromatic rings. The van der Waals surface area contributed by atoms with E-state index < -0.39 is 0 Å². The van der Waals surface area contributed by atoms with Gasteiger partial charge in [-0.2, -0.15) is 0 Å². The summed E-state index contributed by atoms with van der Waals surface area (Å²) in [5, 5.41) is 0. The van der Waals surface area contributed by atoms with Crippen molar-refractivity contribution in [1.29, 1.82) is 0 Å². The third-order valence-corrected chi connectivity index (χ3v) is 7.48. The average Bonchev–Trinajstić information content (AvgIpc) is 3.17. The van der Waals surface area contributed by atoms with Gasteiger partial charge < -0.3 is 0 Å². The first-order valence-corrected chi connectivity index (χ1v) is 10.2. The predicted octanol–water partition coefficient (Wildman–Crippen LogP) is 4.35. The van der Waals surface area contributed by atoms with E-state index in [0.717, 1.165) is 5.54 Å². The molecule has 0 saturated carbocycles. The van der Waals surface area contributed by atoms with Crippen molar-refractivity contribution < 1.29 is 0 Å². The fourth-order valence-electron chi connectivity index (χ4n) is 4.22. The van der Waals surface area contributed by atoms with Crippen LogP contribution in [0, 0.1) is 0 Å². The number of hydrogen-bond donors (Lipinski definition) is 0. The summed E-state index contributed by atoms with van der Waals surface area (Å²) in [7, 11) is -0.105. The fourth-order valence-corrected chi connectivity index (χ4v) is 6.42. The Balaban J connectivity index is 0.00000156. The second-order valence-electron chi connectivity index (χ2n) is 6.48. The van der Waals surface area contributed by atoms with Crippen molar-refractivity contribution in [1.82, 2.24) is 0 Å². The van der Waals surface area contributed by atoms with Crippen LogP contribution in [0.1, 0.15) is 41.0 Å². The molecule has 2 aliphatic rings. The quantitative estimate of drug-likeness (QED) is 0.736. The maximum absolute atomic E-state index is 2.47. The molecule has 2 aliphatic carbocycles. The molecule has 0 fully saturated rings. The number of hydrogen-bond acceptors (Lipinski definition) is 0. The molecule has 0 aromatic heterocycles. The Bertz CT molecular complexity index is 686. The van der Waals surface area contributed by atoms with Crippen LogP contribution < -0.4 is 0 Å². The Morgan fingerprint density at radius 1 is 0.826 bits per heavy atom. The van der Waals surface area contributed by atoms with Crippen molar-refractivity contribution >= 4 is 40.5 Å². The van der Waals surface area contributed by atoms with Crippen LogP contribution in [0.5, 0.6) is 0 Å². The zero-order valence-electron chi connectivity index (χ0n) is 13.1. The zero-order chi connectivity index (χ0) is 14.9. The summed E-state index contributed by atoms with van der Waals surface area (Å²) in [4.78, 5) is 0. The Morgan fingerprint density at radius 3 is 1.78 bits per heavy atom. The van der Waals surface area contributed by atoms with Crippen molar-refractivity contribution in [3.05, 3.63) is 82.9 Å². The second kappa shape index (κ2) is 7.10. The molecular weight excluding hydrogens is 287 g/mol. The summed E-state index contributed by atoms with van der Waals surface area (Å²) in [6.07, 6.45) is 9.60. The molecule has 0 heterocycles. The number of benzene rings is 2. The predicted molar refractivity (Wildman–Crippen MR) is 106 cm³/mol. The Morgan fingerprint density at radius 2 is 1.30 bits per heavy atom. The summed E-state index contributed by atoms with van der Waals surface area (Å²) in [5.41, 5.74) is 6.75. The van der Waals surface area contributed by atoms with Gasteiger partial charge in [-0.05, 0) is 27.8 Å². The summed E-state index contributed by atoms with van der Waals surface area (Å²) >= 11 is 0. The van der Waals surface area contributed by atoms with Crippen molar-refractivity contribution in [3.63, 3.8) is 0 Å². The molecule has 0 spiro atoms. The summed E-state index contributed by atoms with van der Waals surface area (Å²) < 4.78 is 0. The van der Waals surface area contributed by atoms with E-state index in [1.165, 1.54) is 17.2 Å². The van der Waals surface area contributed by atoms with Crippen molar-refractivity contribution in [2.45, 2.75) is 30.3 Å². The molecule has 0 bridgehead atoms. The van der Waals surface area contributed by atoms with Gasteiger partial charge >= 0.3 is 18.9 Å².